The zero-order chi connectivity index (χ0) is 9.98. The van der Waals surface area contributed by atoms with E-state index in [1.54, 1.807) is 0 Å². The molecule has 1 aliphatic carbocycles. The van der Waals surface area contributed by atoms with Crippen LogP contribution in [0, 0.1) is 0 Å². The molecule has 0 unspecified atom stereocenters. The summed E-state index contributed by atoms with van der Waals surface area (Å²) in [5, 5.41) is 0. The maximum atomic E-state index is 7.50. The number of hydrogen-bond donors (Lipinski definition) is 0. The fourth-order valence-corrected chi connectivity index (χ4v) is 0.979. The average Bonchev–Trinajstić information content (AvgIpc) is 2.58. The van der Waals surface area contributed by atoms with E-state index in [-0.39, 0.29) is 0 Å². The summed E-state index contributed by atoms with van der Waals surface area (Å²) in [6.07, 6.45) is 6.91. The van der Waals surface area contributed by atoms with Gasteiger partial charge in [0.15, 0.2) is 0 Å². The molecular formula is C9H7CoO2. The Morgan fingerprint density at radius 3 is 2.08 bits per heavy atom. The maximum Gasteiger partial charge on any atom is 0.281 e. The van der Waals surface area contributed by atoms with Gasteiger partial charge >= 0.3 is 57.0 Å². The quantitative estimate of drug-likeness (QED) is 0.644. The summed E-state index contributed by atoms with van der Waals surface area (Å²) in [5.74, 6) is 0. The SMILES string of the molecule is C=CC1=[C]([Co])CC=C1.[C]=O.[C]=O. The standard InChI is InChI=1S/C7H7.2CO.Co/c1-2-7-5-3-4-6-7;2*1-2;/h2-3,5H,1,4H2;;;. The minimum absolute atomic E-state index is 0.974. The molecule has 1 aliphatic rings. The first-order valence-electron chi connectivity index (χ1n) is 2.91. The van der Waals surface area contributed by atoms with Crippen LogP contribution in [0.5, 0.6) is 0 Å². The van der Waals surface area contributed by atoms with E-state index < -0.39 is 0 Å². The van der Waals surface area contributed by atoms with Gasteiger partial charge in [-0.3, -0.25) is 9.59 Å². The molecule has 0 N–H and O–H groups in total. The third-order valence-electron chi connectivity index (χ3n) is 1.11. The van der Waals surface area contributed by atoms with Crippen molar-refractivity contribution in [2.75, 3.05) is 0 Å². The summed E-state index contributed by atoms with van der Waals surface area (Å²) in [5.41, 5.74) is 1.16. The smallest absolute Gasteiger partial charge is 0.281 e. The van der Waals surface area contributed by atoms with Crippen LogP contribution in [0.2, 0.25) is 0 Å². The Kier molecular flexibility index (Phi) is 11.4. The van der Waals surface area contributed by atoms with Crippen molar-refractivity contribution in [1.29, 1.82) is 0 Å². The molecule has 0 aliphatic heterocycles. The van der Waals surface area contributed by atoms with Gasteiger partial charge in [0, 0.05) is 0 Å². The molecule has 2 nitrogen and oxygen atoms in total. The zero-order valence-electron chi connectivity index (χ0n) is 6.30. The molecule has 0 saturated heterocycles. The van der Waals surface area contributed by atoms with Crippen LogP contribution >= 0.6 is 0 Å². The first-order valence-corrected chi connectivity index (χ1v) is 3.43. The van der Waals surface area contributed by atoms with Crippen molar-refractivity contribution in [3.05, 3.63) is 34.9 Å². The van der Waals surface area contributed by atoms with E-state index in [0.29, 0.717) is 0 Å². The fraction of sp³-hybridized carbons (Fsp3) is 0.111. The van der Waals surface area contributed by atoms with Crippen molar-refractivity contribution in [2.24, 2.45) is 0 Å². The molecule has 64 valence electrons. The Balaban J connectivity index is 0. The van der Waals surface area contributed by atoms with Crippen LogP contribution < -0.4 is 0 Å². The summed E-state index contributed by atoms with van der Waals surface area (Å²) >= 11 is 4.26. The van der Waals surface area contributed by atoms with E-state index in [4.69, 9.17) is 9.59 Å². The second-order valence-electron chi connectivity index (χ2n) is 1.64. The third-order valence-corrected chi connectivity index (χ3v) is 1.62. The van der Waals surface area contributed by atoms with Crippen molar-refractivity contribution < 1.29 is 25.3 Å². The van der Waals surface area contributed by atoms with Gasteiger partial charge in [-0.05, 0) is 0 Å². The predicted molar refractivity (Wildman–Crippen MR) is 42.4 cm³/mol. The normalized spacial score (nSPS) is 12.5. The summed E-state index contributed by atoms with van der Waals surface area (Å²) in [6, 6.07) is 0. The van der Waals surface area contributed by atoms with Gasteiger partial charge in [0.25, 0.3) is 13.6 Å². The van der Waals surface area contributed by atoms with Crippen molar-refractivity contribution in [3.8, 4) is 0 Å². The van der Waals surface area contributed by atoms with E-state index in [1.165, 1.54) is 0 Å². The second kappa shape index (κ2) is 10.1. The van der Waals surface area contributed by atoms with E-state index in [9.17, 15) is 0 Å². The molecule has 0 aromatic heterocycles. The number of carbonyl (C=O) groups excluding carboxylic acids is 2. The Labute approximate surface area is 80.6 Å². The second-order valence-corrected chi connectivity index (χ2v) is 2.27. The molecule has 0 aromatic carbocycles. The van der Waals surface area contributed by atoms with Gasteiger partial charge in [-0.15, -0.1) is 0 Å². The number of rotatable bonds is 1. The molecule has 12 heavy (non-hydrogen) atoms. The molecule has 4 radical (unpaired) electrons. The van der Waals surface area contributed by atoms with Gasteiger partial charge in [0.1, 0.15) is 0 Å². The Morgan fingerprint density at radius 1 is 1.42 bits per heavy atom. The molecule has 3 heteroatoms. The Morgan fingerprint density at radius 2 is 1.92 bits per heavy atom. The molecule has 0 bridgehead atoms. The van der Waals surface area contributed by atoms with Crippen LogP contribution in [0.15, 0.2) is 34.9 Å². The van der Waals surface area contributed by atoms with E-state index in [1.807, 2.05) is 12.2 Å². The minimum Gasteiger partial charge on any atom is -0.281 e. The number of hydrogen-bond acceptors (Lipinski definition) is 2. The van der Waals surface area contributed by atoms with Gasteiger partial charge in [-0.2, -0.15) is 0 Å². The molecule has 0 saturated carbocycles. The van der Waals surface area contributed by atoms with Crippen molar-refractivity contribution in [2.45, 2.75) is 6.42 Å². The first-order chi connectivity index (χ1) is 5.84. The van der Waals surface area contributed by atoms with Crippen molar-refractivity contribution in [3.63, 3.8) is 0 Å². The van der Waals surface area contributed by atoms with Crippen LogP contribution in [0.4, 0.5) is 0 Å². The summed E-state index contributed by atoms with van der Waals surface area (Å²) < 4.78 is 1.12. The molecule has 0 atom stereocenters. The van der Waals surface area contributed by atoms with Crippen LogP contribution in [-0.4, -0.2) is 13.6 Å². The van der Waals surface area contributed by atoms with Crippen LogP contribution in [-0.2, 0) is 25.3 Å². The van der Waals surface area contributed by atoms with E-state index >= 15 is 0 Å². The summed E-state index contributed by atoms with van der Waals surface area (Å²) in [4.78, 5) is 15.0. The molecule has 0 fully saturated rings. The molecule has 0 spiro atoms. The van der Waals surface area contributed by atoms with E-state index in [0.717, 1.165) is 16.5 Å². The van der Waals surface area contributed by atoms with Gasteiger partial charge in [-0.25, -0.2) is 0 Å². The average molecular weight is 206 g/mol. The molecular weight excluding hydrogens is 199 g/mol. The van der Waals surface area contributed by atoms with Crippen LogP contribution in [0.1, 0.15) is 6.42 Å². The van der Waals surface area contributed by atoms with Crippen molar-refractivity contribution >= 4 is 13.6 Å². The zero-order valence-corrected chi connectivity index (χ0v) is 7.34. The Bertz CT molecular complexity index is 193. The largest absolute Gasteiger partial charge is 0.281 e. The topological polar surface area (TPSA) is 34.1 Å². The van der Waals surface area contributed by atoms with E-state index in [2.05, 4.69) is 42.0 Å². The fourth-order valence-electron chi connectivity index (χ4n) is 0.663. The maximum absolute atomic E-state index is 7.50. The predicted octanol–water partition coefficient (Wildman–Crippen LogP) is 1.14. The molecule has 0 aromatic rings. The monoisotopic (exact) mass is 206 g/mol. The summed E-state index contributed by atoms with van der Waals surface area (Å²) in [6.45, 7) is 12.6. The summed E-state index contributed by atoms with van der Waals surface area (Å²) in [7, 11) is 0. The first kappa shape index (κ1) is 13.6. The van der Waals surface area contributed by atoms with Crippen molar-refractivity contribution in [1.82, 2.24) is 0 Å². The van der Waals surface area contributed by atoms with Gasteiger partial charge in [0.05, 0.1) is 0 Å². The Hall–Kier alpha value is -0.934. The number of allylic oxidation sites excluding steroid dienone is 5. The van der Waals surface area contributed by atoms with Gasteiger partial charge in [-0.1, -0.05) is 0 Å². The molecule has 1 rings (SSSR count). The van der Waals surface area contributed by atoms with Gasteiger partial charge in [0.2, 0.25) is 0 Å². The van der Waals surface area contributed by atoms with Crippen LogP contribution in [0.3, 0.4) is 0 Å². The minimum atomic E-state index is 0.974. The van der Waals surface area contributed by atoms with Gasteiger partial charge < -0.3 is 0 Å². The molecule has 0 heterocycles. The molecule has 0 amide bonds. The van der Waals surface area contributed by atoms with Crippen LogP contribution in [0.25, 0.3) is 0 Å². The third kappa shape index (κ3) is 4.82.